The maximum Gasteiger partial charge on any atom is 0.270 e. The van der Waals surface area contributed by atoms with E-state index in [9.17, 15) is 10.1 Å². The van der Waals surface area contributed by atoms with E-state index in [0.29, 0.717) is 16.4 Å². The summed E-state index contributed by atoms with van der Waals surface area (Å²) in [5, 5.41) is 24.9. The van der Waals surface area contributed by atoms with Gasteiger partial charge in [-0.05, 0) is 6.07 Å². The number of anilines is 1. The Kier molecular flexibility index (Phi) is 4.11. The first kappa shape index (κ1) is 14.9. The zero-order chi connectivity index (χ0) is 16.2. The first-order valence-electron chi connectivity index (χ1n) is 6.58. The number of nitro groups is 1. The van der Waals surface area contributed by atoms with Gasteiger partial charge in [-0.3, -0.25) is 15.5 Å². The van der Waals surface area contributed by atoms with Gasteiger partial charge >= 0.3 is 0 Å². The average Bonchev–Trinajstić information content (AvgIpc) is 2.56. The molecule has 0 aliphatic heterocycles. The van der Waals surface area contributed by atoms with E-state index in [4.69, 9.17) is 11.6 Å². The van der Waals surface area contributed by atoms with E-state index in [1.807, 2.05) is 24.3 Å². The van der Waals surface area contributed by atoms with Crippen molar-refractivity contribution >= 4 is 40.1 Å². The molecule has 7 nitrogen and oxygen atoms in total. The molecule has 0 bridgehead atoms. The van der Waals surface area contributed by atoms with Crippen LogP contribution in [0.25, 0.3) is 10.8 Å². The number of nitrogens with one attached hydrogen (secondary N) is 1. The fourth-order valence-electron chi connectivity index (χ4n) is 2.02. The number of rotatable bonds is 4. The number of benzene rings is 2. The number of nitro benzene ring substituents is 1. The molecule has 0 unspecified atom stereocenters. The molecule has 0 atom stereocenters. The molecule has 2 aromatic carbocycles. The van der Waals surface area contributed by atoms with Crippen molar-refractivity contribution in [3.05, 3.63) is 69.4 Å². The summed E-state index contributed by atoms with van der Waals surface area (Å²) < 4.78 is 0. The fraction of sp³-hybridized carbons (Fsp3) is 0. The molecule has 114 valence electrons. The number of fused-ring (bicyclic) bond motifs is 1. The van der Waals surface area contributed by atoms with Crippen molar-refractivity contribution < 1.29 is 4.92 Å². The van der Waals surface area contributed by atoms with Crippen LogP contribution in [0.5, 0.6) is 0 Å². The molecule has 0 aliphatic rings. The number of hydrazone groups is 1. The predicted molar refractivity (Wildman–Crippen MR) is 88.9 cm³/mol. The quantitative estimate of drug-likeness (QED) is 0.448. The topological polar surface area (TPSA) is 93.3 Å². The summed E-state index contributed by atoms with van der Waals surface area (Å²) in [7, 11) is 0. The average molecular weight is 328 g/mol. The summed E-state index contributed by atoms with van der Waals surface area (Å²) in [5.41, 5.74) is 3.16. The number of non-ortho nitro benzene ring substituents is 1. The molecular weight excluding hydrogens is 318 g/mol. The first-order valence-corrected chi connectivity index (χ1v) is 6.96. The molecule has 1 heterocycles. The lowest BCUT2D eigenvalue weighted by atomic mass is 10.2. The summed E-state index contributed by atoms with van der Waals surface area (Å²) >= 11 is 6.01. The molecule has 0 fully saturated rings. The lowest BCUT2D eigenvalue weighted by Crippen LogP contribution is -1.97. The van der Waals surface area contributed by atoms with Gasteiger partial charge in [0.1, 0.15) is 0 Å². The Labute approximate surface area is 135 Å². The van der Waals surface area contributed by atoms with Crippen molar-refractivity contribution in [2.24, 2.45) is 5.10 Å². The van der Waals surface area contributed by atoms with E-state index in [-0.39, 0.29) is 5.69 Å². The van der Waals surface area contributed by atoms with Crippen LogP contribution in [0.1, 0.15) is 5.56 Å². The molecule has 3 rings (SSSR count). The lowest BCUT2D eigenvalue weighted by molar-refractivity contribution is -0.384. The van der Waals surface area contributed by atoms with Crippen LogP contribution in [0, 0.1) is 10.1 Å². The second kappa shape index (κ2) is 6.37. The molecule has 0 spiro atoms. The van der Waals surface area contributed by atoms with Gasteiger partial charge in [0.2, 0.25) is 0 Å². The highest BCUT2D eigenvalue weighted by Gasteiger charge is 2.08. The Morgan fingerprint density at radius 1 is 1.26 bits per heavy atom. The van der Waals surface area contributed by atoms with E-state index >= 15 is 0 Å². The molecule has 1 N–H and O–H groups in total. The first-order chi connectivity index (χ1) is 11.1. The summed E-state index contributed by atoms with van der Waals surface area (Å²) in [6, 6.07) is 11.7. The summed E-state index contributed by atoms with van der Waals surface area (Å²) in [4.78, 5) is 10.3. The summed E-state index contributed by atoms with van der Waals surface area (Å²) in [5.74, 6) is 0.487. The van der Waals surface area contributed by atoms with Gasteiger partial charge in [0, 0.05) is 33.5 Å². The van der Waals surface area contributed by atoms with Crippen molar-refractivity contribution in [2.45, 2.75) is 0 Å². The zero-order valence-electron chi connectivity index (χ0n) is 11.7. The van der Waals surface area contributed by atoms with Gasteiger partial charge in [-0.2, -0.15) is 10.2 Å². The Morgan fingerprint density at radius 3 is 2.91 bits per heavy atom. The monoisotopic (exact) mass is 327 g/mol. The van der Waals surface area contributed by atoms with Gasteiger partial charge in [-0.15, -0.1) is 5.10 Å². The number of halogens is 1. The van der Waals surface area contributed by atoms with Crippen molar-refractivity contribution in [3.63, 3.8) is 0 Å². The minimum Gasteiger partial charge on any atom is -0.259 e. The predicted octanol–water partition coefficient (Wildman–Crippen LogP) is 3.64. The Morgan fingerprint density at radius 2 is 2.09 bits per heavy atom. The third-order valence-electron chi connectivity index (χ3n) is 3.13. The van der Waals surface area contributed by atoms with Crippen molar-refractivity contribution in [2.75, 3.05) is 5.43 Å². The molecular formula is C15H10ClN5O2. The second-order valence-corrected chi connectivity index (χ2v) is 5.02. The van der Waals surface area contributed by atoms with Crippen LogP contribution in [-0.4, -0.2) is 21.3 Å². The van der Waals surface area contributed by atoms with E-state index in [1.165, 1.54) is 24.4 Å². The van der Waals surface area contributed by atoms with Crippen molar-refractivity contribution in [3.8, 4) is 0 Å². The molecule has 0 saturated carbocycles. The largest absolute Gasteiger partial charge is 0.270 e. The molecule has 8 heteroatoms. The van der Waals surface area contributed by atoms with Crippen LogP contribution < -0.4 is 5.43 Å². The summed E-state index contributed by atoms with van der Waals surface area (Å²) in [6.07, 6.45) is 3.06. The van der Waals surface area contributed by atoms with Crippen LogP contribution in [-0.2, 0) is 0 Å². The van der Waals surface area contributed by atoms with Gasteiger partial charge in [0.25, 0.3) is 5.69 Å². The van der Waals surface area contributed by atoms with Gasteiger partial charge in [0.05, 0.1) is 17.3 Å². The van der Waals surface area contributed by atoms with Gasteiger partial charge in [0.15, 0.2) is 5.82 Å². The minimum absolute atomic E-state index is 0.0548. The van der Waals surface area contributed by atoms with Crippen LogP contribution in [0.4, 0.5) is 11.5 Å². The fourth-order valence-corrected chi connectivity index (χ4v) is 2.18. The van der Waals surface area contributed by atoms with Crippen LogP contribution in [0.2, 0.25) is 5.02 Å². The van der Waals surface area contributed by atoms with Gasteiger partial charge < -0.3 is 0 Å². The van der Waals surface area contributed by atoms with Crippen molar-refractivity contribution in [1.29, 1.82) is 0 Å². The molecule has 0 radical (unpaired) electrons. The number of nitrogens with zero attached hydrogens (tertiary/aromatic N) is 4. The highest BCUT2D eigenvalue weighted by atomic mass is 35.5. The Hall–Kier alpha value is -3.06. The van der Waals surface area contributed by atoms with E-state index < -0.39 is 4.92 Å². The summed E-state index contributed by atoms with van der Waals surface area (Å²) in [6.45, 7) is 0. The van der Waals surface area contributed by atoms with Gasteiger partial charge in [-0.1, -0.05) is 35.9 Å². The van der Waals surface area contributed by atoms with E-state index in [1.54, 1.807) is 6.20 Å². The smallest absolute Gasteiger partial charge is 0.259 e. The lowest BCUT2D eigenvalue weighted by Gasteiger charge is -2.03. The minimum atomic E-state index is -0.489. The number of hydrogen-bond donors (Lipinski definition) is 1. The third kappa shape index (κ3) is 3.24. The molecule has 0 saturated heterocycles. The van der Waals surface area contributed by atoms with Crippen molar-refractivity contribution in [1.82, 2.24) is 10.2 Å². The maximum absolute atomic E-state index is 10.8. The van der Waals surface area contributed by atoms with Gasteiger partial charge in [-0.25, -0.2) is 0 Å². The highest BCUT2D eigenvalue weighted by Crippen LogP contribution is 2.21. The van der Waals surface area contributed by atoms with Crippen LogP contribution in [0.3, 0.4) is 0 Å². The maximum atomic E-state index is 10.8. The number of aromatic nitrogens is 2. The Bertz CT molecular complexity index is 908. The third-order valence-corrected chi connectivity index (χ3v) is 3.48. The molecule has 0 aliphatic carbocycles. The highest BCUT2D eigenvalue weighted by molar-refractivity contribution is 6.33. The SMILES string of the molecule is O=[N+]([O-])c1ccc(Cl)c(C=NNc2nncc3ccccc23)c1. The normalized spacial score (nSPS) is 11.0. The van der Waals surface area contributed by atoms with E-state index in [0.717, 1.165) is 10.8 Å². The Balaban J connectivity index is 1.86. The van der Waals surface area contributed by atoms with Crippen LogP contribution >= 0.6 is 11.6 Å². The standard InChI is InChI=1S/C15H10ClN5O2/c16-14-6-5-12(21(22)23)7-11(14)9-18-20-15-13-4-2-1-3-10(13)8-17-19-15/h1-9H,(H,19,20). The van der Waals surface area contributed by atoms with Crippen LogP contribution in [0.15, 0.2) is 53.8 Å². The molecule has 23 heavy (non-hydrogen) atoms. The number of hydrogen-bond acceptors (Lipinski definition) is 6. The zero-order valence-corrected chi connectivity index (χ0v) is 12.4. The van der Waals surface area contributed by atoms with E-state index in [2.05, 4.69) is 20.7 Å². The molecule has 3 aromatic rings. The second-order valence-electron chi connectivity index (χ2n) is 4.61. The molecule has 0 amide bonds. The molecule has 1 aromatic heterocycles.